The Hall–Kier alpha value is -11.3. The molecule has 2 atom stereocenters. The van der Waals surface area contributed by atoms with Gasteiger partial charge in [0.25, 0.3) is 0 Å². The Labute approximate surface area is 795 Å². The summed E-state index contributed by atoms with van der Waals surface area (Å²) in [6.45, 7) is 22.1. The van der Waals surface area contributed by atoms with Crippen LogP contribution in [0, 0.1) is 49.2 Å². The highest BCUT2D eigenvalue weighted by atomic mass is 35.5. The number of anilines is 4. The van der Waals surface area contributed by atoms with Crippen molar-refractivity contribution in [1.82, 2.24) is 76.4 Å². The lowest BCUT2D eigenvalue weighted by Gasteiger charge is -2.26. The molecule has 4 aromatic carbocycles. The highest BCUT2D eigenvalue weighted by Gasteiger charge is 2.33. The Balaban J connectivity index is 0.000000170. The molecule has 6 N–H and O–H groups in total. The first kappa shape index (κ1) is 103. The molecular formula is C102H136Cl2F2N20O8. The maximum Gasteiger partial charge on any atom is 0.334 e. The van der Waals surface area contributed by atoms with Gasteiger partial charge >= 0.3 is 22.8 Å². The molecule has 28 nitrogen and oxygen atoms in total. The minimum Gasteiger partial charge on any atom is -0.389 e. The molecule has 2 unspecified atom stereocenters. The number of aliphatic hydroxyl groups is 2. The van der Waals surface area contributed by atoms with E-state index in [1.807, 2.05) is 85.4 Å². The molecule has 4 aliphatic carbocycles. The average Bonchev–Trinajstić information content (AvgIpc) is 1.61. The van der Waals surface area contributed by atoms with Crippen molar-refractivity contribution in [3.63, 3.8) is 0 Å². The van der Waals surface area contributed by atoms with Crippen LogP contribution in [0.25, 0.3) is 68.3 Å². The van der Waals surface area contributed by atoms with E-state index in [0.717, 1.165) is 129 Å². The highest BCUT2D eigenvalue weighted by Crippen LogP contribution is 2.37. The van der Waals surface area contributed by atoms with Gasteiger partial charge in [-0.15, -0.1) is 0 Å². The lowest BCUT2D eigenvalue weighted by atomic mass is 9.87. The monoisotopic (exact) mass is 1880 g/mol. The number of rotatable bonds is 22. The largest absolute Gasteiger partial charge is 0.389 e. The van der Waals surface area contributed by atoms with Crippen LogP contribution in [0.5, 0.6) is 0 Å². The number of benzene rings is 4. The first-order chi connectivity index (χ1) is 62.4. The van der Waals surface area contributed by atoms with E-state index >= 15 is 0 Å². The van der Waals surface area contributed by atoms with Crippen LogP contribution in [0.1, 0.15) is 224 Å². The molecule has 32 heteroatoms. The van der Waals surface area contributed by atoms with E-state index in [2.05, 4.69) is 73.9 Å². The third kappa shape index (κ3) is 25.5. The Kier molecular flexibility index (Phi) is 35.3. The molecule has 18 rings (SSSR count). The van der Waals surface area contributed by atoms with Crippen molar-refractivity contribution in [3.05, 3.63) is 234 Å². The third-order valence-corrected chi connectivity index (χ3v) is 26.2. The molecule has 8 aromatic heterocycles. The van der Waals surface area contributed by atoms with Gasteiger partial charge in [0.15, 0.2) is 0 Å². The summed E-state index contributed by atoms with van der Waals surface area (Å²) in [6.07, 6.45) is 30.5. The van der Waals surface area contributed by atoms with Crippen LogP contribution in [0.4, 0.5) is 32.6 Å². The van der Waals surface area contributed by atoms with Gasteiger partial charge in [0.1, 0.15) is 33.3 Å². The number of aromatic nitrogens is 16. The van der Waals surface area contributed by atoms with E-state index in [1.165, 1.54) is 88.6 Å². The number of hydrogen-bond donors (Lipinski definition) is 6. The Morgan fingerprint density at radius 3 is 0.985 bits per heavy atom. The lowest BCUT2D eigenvalue weighted by molar-refractivity contribution is 0.0599. The van der Waals surface area contributed by atoms with Gasteiger partial charge in [-0.3, -0.25) is 36.5 Å². The van der Waals surface area contributed by atoms with Crippen LogP contribution in [0.15, 0.2) is 178 Å². The fourth-order valence-electron chi connectivity index (χ4n) is 18.1. The maximum atomic E-state index is 13.6. The van der Waals surface area contributed by atoms with Crippen LogP contribution < -0.4 is 44.0 Å². The summed E-state index contributed by atoms with van der Waals surface area (Å²) < 4.78 is 50.7. The number of ether oxygens (including phenoxy) is 2. The predicted octanol–water partition coefficient (Wildman–Crippen LogP) is 20.6. The van der Waals surface area contributed by atoms with Crippen molar-refractivity contribution in [2.75, 3.05) is 47.7 Å². The van der Waals surface area contributed by atoms with E-state index < -0.39 is 22.7 Å². The molecule has 0 bridgehead atoms. The molecule has 12 aromatic rings. The van der Waals surface area contributed by atoms with Crippen LogP contribution in [-0.2, 0) is 22.6 Å². The lowest BCUT2D eigenvalue weighted by Crippen LogP contribution is -2.33. The zero-order valence-electron chi connectivity index (χ0n) is 75.8. The van der Waals surface area contributed by atoms with Gasteiger partial charge in [-0.05, 0) is 289 Å². The topological polar surface area (TPSA) is 318 Å². The predicted molar refractivity (Wildman–Crippen MR) is 532 cm³/mol. The fraction of sp³-hybridized carbons (Fsp3) is 0.490. The van der Waals surface area contributed by atoms with Gasteiger partial charge < -0.3 is 41.0 Å². The van der Waals surface area contributed by atoms with E-state index in [-0.39, 0.29) is 88.1 Å². The normalized spacial score (nSPS) is 20.5. The van der Waals surface area contributed by atoms with Gasteiger partial charge in [-0.25, -0.2) is 67.8 Å². The number of nitrogens with one attached hydrogen (secondary N) is 4. The standard InChI is InChI=1S/C25H32ClN5O2.C25H31N5O2.C24H29ClFN5O2.C24H28FN5O2.4CH4/c1-16-8-10-18(11-9-16)28-23-27-13-12-20(29-23)21-22(26)30(15-25(3,4)33)24(32)31(21)19-7-5-6-17(2)14-19;1-17-6-8-19(9-7-17)27-24-26-12-10-22(28-24)23-15-29(21-11-13-32-16-21)25(31)30(23)20-5-3-4-18(2)14-20;1-15-4-8-17(9-5-15)28-22-27-13-12-19(29-22)20-21(25)30(14-24(2,3)33)23(32)31(20)18-10-6-16(26)7-11-18;1-16-2-6-18(7-3-16)27-23-26-12-10-21(28-23)22-14-29(20-11-13-32-15-20)24(31)30(22)19-8-4-17(25)5-9-19;;;;/h5-7,12-14,16,18,33H,8-11,15H2,1-4H3,(H,27,28,29);3-5,10,12,14-15,17,19,21H,6-9,11,13,16H2,1-2H3,(H,26,27,28);6-7,10-13,15,17,33H,4-5,8-9,14H2,1-3H3,(H,27,28,29);4-5,8-10,12,14,16,18,20H,2-3,6-7,11,13,15H2,1H3,(H,26,27,28);4*1H4. The number of hydrogen-bond acceptors (Lipinski definition) is 20. The number of nitrogens with zero attached hydrogens (tertiary/aromatic N) is 16. The molecule has 0 radical (unpaired) electrons. The molecule has 6 fully saturated rings. The molecule has 0 amide bonds. The second-order valence-electron chi connectivity index (χ2n) is 37.5. The molecule has 2 saturated heterocycles. The van der Waals surface area contributed by atoms with Crippen molar-refractivity contribution in [3.8, 4) is 68.3 Å². The summed E-state index contributed by atoms with van der Waals surface area (Å²) in [4.78, 5) is 90.3. The van der Waals surface area contributed by atoms with Crippen molar-refractivity contribution < 1.29 is 28.5 Å². The minimum absolute atomic E-state index is 0. The zero-order chi connectivity index (χ0) is 91.7. The number of aryl methyl sites for hydroxylation is 2. The van der Waals surface area contributed by atoms with Gasteiger partial charge in [0, 0.05) is 74.6 Å². The summed E-state index contributed by atoms with van der Waals surface area (Å²) >= 11 is 13.5. The first-order valence-corrected chi connectivity index (χ1v) is 46.5. The van der Waals surface area contributed by atoms with Crippen LogP contribution in [0.3, 0.4) is 0 Å². The van der Waals surface area contributed by atoms with Gasteiger partial charge in [0.05, 0.1) is 107 Å². The molecular weight excluding hydrogens is 1740 g/mol. The molecule has 2 aliphatic heterocycles. The highest BCUT2D eigenvalue weighted by molar-refractivity contribution is 6.32. The number of halogens is 4. The Bertz CT molecular complexity index is 6100. The van der Waals surface area contributed by atoms with Gasteiger partial charge in [-0.1, -0.05) is 105 Å². The van der Waals surface area contributed by atoms with E-state index in [4.69, 9.17) is 47.6 Å². The zero-order valence-corrected chi connectivity index (χ0v) is 77.3. The molecule has 4 saturated carbocycles. The van der Waals surface area contributed by atoms with Crippen LogP contribution in [0.2, 0.25) is 10.3 Å². The average molecular weight is 1880 g/mol. The summed E-state index contributed by atoms with van der Waals surface area (Å²) in [6, 6.07) is 35.8. The van der Waals surface area contributed by atoms with E-state index in [0.29, 0.717) is 126 Å². The first-order valence-electron chi connectivity index (χ1n) is 45.8. The third-order valence-electron chi connectivity index (χ3n) is 25.4. The van der Waals surface area contributed by atoms with Gasteiger partial charge in [0.2, 0.25) is 23.8 Å². The summed E-state index contributed by atoms with van der Waals surface area (Å²) in [5, 5.41) is 35.0. The van der Waals surface area contributed by atoms with E-state index in [9.17, 15) is 38.2 Å². The van der Waals surface area contributed by atoms with Gasteiger partial charge in [-0.2, -0.15) is 0 Å². The van der Waals surface area contributed by atoms with Crippen LogP contribution in [-0.4, -0.2) is 148 Å². The Morgan fingerprint density at radius 1 is 0.388 bits per heavy atom. The smallest absolute Gasteiger partial charge is 0.334 e. The quantitative estimate of drug-likeness (QED) is 0.0367. The second kappa shape index (κ2) is 45.8. The van der Waals surface area contributed by atoms with E-state index in [1.54, 1.807) is 101 Å². The molecule has 6 aliphatic rings. The summed E-state index contributed by atoms with van der Waals surface area (Å²) in [5.74, 6) is 4.49. The molecule has 0 spiro atoms. The molecule has 10 heterocycles. The summed E-state index contributed by atoms with van der Waals surface area (Å²) in [7, 11) is 0. The number of imidazole rings is 4. The minimum atomic E-state index is -1.17. The molecule has 134 heavy (non-hydrogen) atoms. The SMILES string of the molecule is C.C.C.C.CC1CCC(Nc2nccc(-c3c(Cl)n(CC(C)(C)O)c(=O)n3-c3ccc(F)cc3)n2)CC1.CC1CCC(Nc2nccc(-c3cn(C4CCOC4)c(=O)n3-c3ccc(F)cc3)n2)CC1.Cc1cccc(-n2c(-c3ccnc(NC4CCC(C)CC4)n3)c(Cl)n(CC(C)(C)O)c2=O)c1.Cc1cccc(-n2c(-c3ccnc(NC4CCC(C)CC4)n3)cn(C3CCOC3)c2=O)c1. The van der Waals surface area contributed by atoms with Crippen LogP contribution >= 0.6 is 23.2 Å². The summed E-state index contributed by atoms with van der Waals surface area (Å²) in [5.41, 5.74) is 6.07. The second-order valence-corrected chi connectivity index (χ2v) is 38.2. The van der Waals surface area contributed by atoms with Crippen molar-refractivity contribution in [2.24, 2.45) is 23.7 Å². The molecule has 720 valence electrons. The van der Waals surface area contributed by atoms with Crippen molar-refractivity contribution >= 4 is 47.0 Å². The Morgan fingerprint density at radius 2 is 0.679 bits per heavy atom. The maximum absolute atomic E-state index is 13.6. The fourth-order valence-corrected chi connectivity index (χ4v) is 18.8. The van der Waals surface area contributed by atoms with Crippen molar-refractivity contribution in [1.29, 1.82) is 0 Å². The van der Waals surface area contributed by atoms with Crippen molar-refractivity contribution in [2.45, 2.75) is 275 Å².